The minimum Gasteiger partial charge on any atom is -0.486 e. The van der Waals surface area contributed by atoms with E-state index in [1.807, 2.05) is 0 Å². The van der Waals surface area contributed by atoms with Crippen LogP contribution in [0.4, 0.5) is 31.9 Å². The van der Waals surface area contributed by atoms with Crippen molar-refractivity contribution in [1.29, 1.82) is 0 Å². The molecule has 132 valence electrons. The Morgan fingerprint density at radius 1 is 0.923 bits per heavy atom. The predicted molar refractivity (Wildman–Crippen MR) is 90.2 cm³/mol. The minimum absolute atomic E-state index is 0.0807. The lowest BCUT2D eigenvalue weighted by atomic mass is 10.2. The van der Waals surface area contributed by atoms with Crippen LogP contribution in [0.1, 0.15) is 0 Å². The number of nitrogens with one attached hydrogen (secondary N) is 2. The summed E-state index contributed by atoms with van der Waals surface area (Å²) in [6.07, 6.45) is 1.33. The van der Waals surface area contributed by atoms with Gasteiger partial charge >= 0.3 is 0 Å². The van der Waals surface area contributed by atoms with E-state index >= 15 is 0 Å². The number of anilines is 4. The zero-order chi connectivity index (χ0) is 17.9. The fraction of sp³-hybridized carbons (Fsp3) is 0.118. The van der Waals surface area contributed by atoms with E-state index in [4.69, 9.17) is 9.47 Å². The number of hydrogen-bond acceptors (Lipinski definition) is 7. The molecule has 0 aliphatic carbocycles. The number of benzene rings is 2. The van der Waals surface area contributed by atoms with Gasteiger partial charge < -0.3 is 20.1 Å². The molecule has 26 heavy (non-hydrogen) atoms. The third-order valence-corrected chi connectivity index (χ3v) is 3.55. The highest BCUT2D eigenvalue weighted by molar-refractivity contribution is 5.62. The van der Waals surface area contributed by atoms with Crippen molar-refractivity contribution in [2.45, 2.75) is 0 Å². The number of fused-ring (bicyclic) bond motifs is 1. The first-order chi connectivity index (χ1) is 12.7. The monoisotopic (exact) mass is 357 g/mol. The Kier molecular flexibility index (Phi) is 4.18. The molecular formula is C17H13F2N5O2. The van der Waals surface area contributed by atoms with E-state index in [2.05, 4.69) is 25.8 Å². The highest BCUT2D eigenvalue weighted by Gasteiger charge is 2.12. The summed E-state index contributed by atoms with van der Waals surface area (Å²) in [5.74, 6) is 0.361. The first kappa shape index (κ1) is 16.0. The lowest BCUT2D eigenvalue weighted by molar-refractivity contribution is 0.171. The van der Waals surface area contributed by atoms with Gasteiger partial charge in [-0.05, 0) is 24.3 Å². The maximum absolute atomic E-state index is 13.7. The Hall–Kier alpha value is -3.49. The second kappa shape index (κ2) is 6.79. The molecule has 0 spiro atoms. The molecule has 0 saturated carbocycles. The summed E-state index contributed by atoms with van der Waals surface area (Å²) in [6, 6.07) is 8.54. The summed E-state index contributed by atoms with van der Waals surface area (Å²) in [5.41, 5.74) is 0.762. The number of ether oxygens (including phenoxy) is 2. The van der Waals surface area contributed by atoms with Gasteiger partial charge in [0.2, 0.25) is 5.95 Å². The van der Waals surface area contributed by atoms with Crippen molar-refractivity contribution in [3.63, 3.8) is 0 Å². The molecule has 9 heteroatoms. The third-order valence-electron chi connectivity index (χ3n) is 3.55. The zero-order valence-corrected chi connectivity index (χ0v) is 13.4. The normalized spacial score (nSPS) is 12.5. The summed E-state index contributed by atoms with van der Waals surface area (Å²) in [7, 11) is 0. The number of hydrogen-bond donors (Lipinski definition) is 2. The predicted octanol–water partition coefficient (Wildman–Crippen LogP) is 3.41. The van der Waals surface area contributed by atoms with Crippen LogP contribution in [-0.4, -0.2) is 28.4 Å². The van der Waals surface area contributed by atoms with Crippen molar-refractivity contribution >= 4 is 23.1 Å². The molecule has 2 N–H and O–H groups in total. The van der Waals surface area contributed by atoms with Crippen LogP contribution in [0.3, 0.4) is 0 Å². The Bertz CT molecular complexity index is 954. The molecule has 1 aromatic heterocycles. The Balaban J connectivity index is 1.52. The lowest BCUT2D eigenvalue weighted by Gasteiger charge is -2.19. The van der Waals surface area contributed by atoms with E-state index in [1.54, 1.807) is 18.2 Å². The SMILES string of the molecule is Fc1ccc(Nc2cnnc(Nc3ccc4c(c3)OCCO4)n2)c(F)c1. The van der Waals surface area contributed by atoms with Gasteiger partial charge in [-0.15, -0.1) is 5.10 Å². The number of nitrogens with zero attached hydrogens (tertiary/aromatic N) is 3. The van der Waals surface area contributed by atoms with E-state index in [0.29, 0.717) is 30.4 Å². The van der Waals surface area contributed by atoms with Crippen LogP contribution in [-0.2, 0) is 0 Å². The first-order valence-electron chi connectivity index (χ1n) is 7.76. The van der Waals surface area contributed by atoms with E-state index in [1.165, 1.54) is 12.3 Å². The van der Waals surface area contributed by atoms with Gasteiger partial charge in [0.25, 0.3) is 0 Å². The van der Waals surface area contributed by atoms with Gasteiger partial charge in [-0.25, -0.2) is 8.78 Å². The first-order valence-corrected chi connectivity index (χ1v) is 7.76. The van der Waals surface area contributed by atoms with Crippen molar-refractivity contribution in [2.75, 3.05) is 23.8 Å². The maximum atomic E-state index is 13.7. The molecule has 0 amide bonds. The number of rotatable bonds is 4. The van der Waals surface area contributed by atoms with Crippen molar-refractivity contribution in [2.24, 2.45) is 0 Å². The molecule has 3 aromatic rings. The van der Waals surface area contributed by atoms with Gasteiger partial charge in [0.15, 0.2) is 17.3 Å². The van der Waals surface area contributed by atoms with Crippen molar-refractivity contribution < 1.29 is 18.3 Å². The van der Waals surface area contributed by atoms with Crippen LogP contribution >= 0.6 is 0 Å². The molecule has 2 aromatic carbocycles. The molecular weight excluding hydrogens is 344 g/mol. The van der Waals surface area contributed by atoms with E-state index in [9.17, 15) is 8.78 Å². The van der Waals surface area contributed by atoms with E-state index in [0.717, 1.165) is 12.1 Å². The molecule has 0 unspecified atom stereocenters. The van der Waals surface area contributed by atoms with Crippen LogP contribution in [0.2, 0.25) is 0 Å². The Labute approximate surface area is 147 Å². The smallest absolute Gasteiger partial charge is 0.249 e. The highest BCUT2D eigenvalue weighted by Crippen LogP contribution is 2.33. The van der Waals surface area contributed by atoms with Crippen molar-refractivity contribution in [1.82, 2.24) is 15.2 Å². The zero-order valence-electron chi connectivity index (χ0n) is 13.4. The van der Waals surface area contributed by atoms with E-state index in [-0.39, 0.29) is 17.5 Å². The van der Waals surface area contributed by atoms with Crippen LogP contribution < -0.4 is 20.1 Å². The molecule has 2 heterocycles. The standard InChI is InChI=1S/C17H13F2N5O2/c18-10-1-3-13(12(19)7-10)22-16-9-20-24-17(23-16)21-11-2-4-14-15(8-11)26-6-5-25-14/h1-4,7-9H,5-6H2,(H2,21,22,23,24). The fourth-order valence-electron chi connectivity index (χ4n) is 2.40. The minimum atomic E-state index is -0.732. The number of aromatic nitrogens is 3. The van der Waals surface area contributed by atoms with Crippen LogP contribution in [0, 0.1) is 11.6 Å². The topological polar surface area (TPSA) is 81.2 Å². The summed E-state index contributed by atoms with van der Waals surface area (Å²) >= 11 is 0. The van der Waals surface area contributed by atoms with Crippen molar-refractivity contribution in [3.05, 3.63) is 54.2 Å². The molecule has 0 fully saturated rings. The maximum Gasteiger partial charge on any atom is 0.249 e. The average Bonchev–Trinajstić information content (AvgIpc) is 2.64. The largest absolute Gasteiger partial charge is 0.486 e. The summed E-state index contributed by atoms with van der Waals surface area (Å²) in [5, 5.41) is 13.4. The average molecular weight is 357 g/mol. The van der Waals surface area contributed by atoms with Crippen LogP contribution in [0.25, 0.3) is 0 Å². The molecule has 4 rings (SSSR count). The molecule has 0 saturated heterocycles. The van der Waals surface area contributed by atoms with Gasteiger partial charge in [0.05, 0.1) is 11.9 Å². The molecule has 7 nitrogen and oxygen atoms in total. The molecule has 0 atom stereocenters. The van der Waals surface area contributed by atoms with Gasteiger partial charge in [-0.2, -0.15) is 10.1 Å². The summed E-state index contributed by atoms with van der Waals surface area (Å²) in [6.45, 7) is 0.998. The second-order valence-electron chi connectivity index (χ2n) is 5.40. The quantitative estimate of drug-likeness (QED) is 0.740. The lowest BCUT2D eigenvalue weighted by Crippen LogP contribution is -2.15. The van der Waals surface area contributed by atoms with Crippen molar-refractivity contribution in [3.8, 4) is 11.5 Å². The third kappa shape index (κ3) is 3.46. The highest BCUT2D eigenvalue weighted by atomic mass is 19.1. The molecule has 0 radical (unpaired) electrons. The van der Waals surface area contributed by atoms with Gasteiger partial charge in [0, 0.05) is 17.8 Å². The van der Waals surface area contributed by atoms with Gasteiger partial charge in [0.1, 0.15) is 24.8 Å². The Morgan fingerprint density at radius 2 is 1.77 bits per heavy atom. The summed E-state index contributed by atoms with van der Waals surface area (Å²) in [4.78, 5) is 4.21. The van der Waals surface area contributed by atoms with Crippen LogP contribution in [0.15, 0.2) is 42.6 Å². The molecule has 1 aliphatic heterocycles. The summed E-state index contributed by atoms with van der Waals surface area (Å²) < 4.78 is 37.7. The number of halogens is 2. The van der Waals surface area contributed by atoms with E-state index < -0.39 is 11.6 Å². The van der Waals surface area contributed by atoms with Crippen LogP contribution in [0.5, 0.6) is 11.5 Å². The fourth-order valence-corrected chi connectivity index (χ4v) is 2.40. The van der Waals surface area contributed by atoms with Gasteiger partial charge in [-0.3, -0.25) is 0 Å². The molecule has 1 aliphatic rings. The molecule has 0 bridgehead atoms. The van der Waals surface area contributed by atoms with Gasteiger partial charge in [-0.1, -0.05) is 0 Å². The second-order valence-corrected chi connectivity index (χ2v) is 5.40. The Morgan fingerprint density at radius 3 is 2.62 bits per heavy atom.